The fraction of sp³-hybridized carbons (Fsp3) is 0.500. The van der Waals surface area contributed by atoms with Crippen LogP contribution in [0.4, 0.5) is 9.18 Å². The number of benzene rings is 1. The Morgan fingerprint density at radius 3 is 2.67 bits per heavy atom. The maximum atomic E-state index is 12.8. The lowest BCUT2D eigenvalue weighted by molar-refractivity contribution is 0.0961. The normalized spacial score (nSPS) is 24.0. The highest BCUT2D eigenvalue weighted by Gasteiger charge is 2.28. The highest BCUT2D eigenvalue weighted by molar-refractivity contribution is 5.65. The van der Waals surface area contributed by atoms with E-state index in [1.54, 1.807) is 0 Å². The van der Waals surface area contributed by atoms with E-state index < -0.39 is 6.09 Å². The number of halogens is 1. The molecular weight excluding hydrogens is 233 g/mol. The highest BCUT2D eigenvalue weighted by atomic mass is 19.1. The number of likely N-dealkylation sites (tertiary alicyclic amines) is 1. The van der Waals surface area contributed by atoms with Crippen LogP contribution in [0.2, 0.25) is 0 Å². The van der Waals surface area contributed by atoms with Gasteiger partial charge in [-0.25, -0.2) is 9.18 Å². The van der Waals surface area contributed by atoms with Gasteiger partial charge in [-0.2, -0.15) is 0 Å². The monoisotopic (exact) mass is 251 g/mol. The first kappa shape index (κ1) is 12.9. The van der Waals surface area contributed by atoms with Crippen LogP contribution in [0.3, 0.4) is 0 Å². The molecule has 1 N–H and O–H groups in total. The lowest BCUT2D eigenvalue weighted by Gasteiger charge is -2.35. The minimum Gasteiger partial charge on any atom is -0.465 e. The quantitative estimate of drug-likeness (QED) is 0.877. The van der Waals surface area contributed by atoms with Gasteiger partial charge in [0.25, 0.3) is 0 Å². The molecule has 1 aromatic rings. The molecule has 0 bridgehead atoms. The summed E-state index contributed by atoms with van der Waals surface area (Å²) in [7, 11) is 0. The van der Waals surface area contributed by atoms with E-state index in [9.17, 15) is 9.18 Å². The molecule has 0 radical (unpaired) electrons. The van der Waals surface area contributed by atoms with E-state index in [1.807, 2.05) is 19.1 Å². The molecule has 0 spiro atoms. The van der Waals surface area contributed by atoms with Crippen molar-refractivity contribution < 1.29 is 14.3 Å². The highest BCUT2D eigenvalue weighted by Crippen LogP contribution is 2.26. The number of amides is 1. The average molecular weight is 251 g/mol. The molecule has 0 saturated carbocycles. The fourth-order valence-corrected chi connectivity index (χ4v) is 2.69. The van der Waals surface area contributed by atoms with Gasteiger partial charge in [-0.1, -0.05) is 12.1 Å². The van der Waals surface area contributed by atoms with Crippen molar-refractivity contribution in [2.24, 2.45) is 5.92 Å². The molecule has 1 saturated heterocycles. The topological polar surface area (TPSA) is 40.5 Å². The summed E-state index contributed by atoms with van der Waals surface area (Å²) in [5.41, 5.74) is 1.12. The molecule has 0 aliphatic carbocycles. The Kier molecular flexibility index (Phi) is 3.84. The van der Waals surface area contributed by atoms with E-state index in [0.29, 0.717) is 12.5 Å². The minimum absolute atomic E-state index is 0.0710. The second kappa shape index (κ2) is 5.38. The van der Waals surface area contributed by atoms with Crippen molar-refractivity contribution in [3.63, 3.8) is 0 Å². The van der Waals surface area contributed by atoms with Crippen LogP contribution in [0.15, 0.2) is 24.3 Å². The summed E-state index contributed by atoms with van der Waals surface area (Å²) in [6.45, 7) is 2.55. The molecule has 2 rings (SSSR count). The lowest BCUT2D eigenvalue weighted by atomic mass is 9.87. The van der Waals surface area contributed by atoms with Gasteiger partial charge in [0, 0.05) is 12.6 Å². The molecule has 4 heteroatoms. The van der Waals surface area contributed by atoms with Crippen LogP contribution in [-0.2, 0) is 6.42 Å². The Labute approximate surface area is 106 Å². The van der Waals surface area contributed by atoms with Gasteiger partial charge in [0.2, 0.25) is 0 Å². The van der Waals surface area contributed by atoms with Crippen molar-refractivity contribution in [1.82, 2.24) is 4.90 Å². The summed E-state index contributed by atoms with van der Waals surface area (Å²) in [5, 5.41) is 9.00. The van der Waals surface area contributed by atoms with Crippen LogP contribution in [0.1, 0.15) is 25.3 Å². The summed E-state index contributed by atoms with van der Waals surface area (Å²) in [6.07, 6.45) is 1.83. The van der Waals surface area contributed by atoms with Gasteiger partial charge in [0.1, 0.15) is 5.82 Å². The van der Waals surface area contributed by atoms with E-state index in [-0.39, 0.29) is 11.9 Å². The summed E-state index contributed by atoms with van der Waals surface area (Å²) in [6, 6.07) is 6.64. The largest absolute Gasteiger partial charge is 0.465 e. The van der Waals surface area contributed by atoms with Gasteiger partial charge < -0.3 is 10.0 Å². The van der Waals surface area contributed by atoms with Crippen LogP contribution in [0.25, 0.3) is 0 Å². The molecule has 2 atom stereocenters. The van der Waals surface area contributed by atoms with Crippen molar-refractivity contribution in [2.45, 2.75) is 32.2 Å². The number of hydrogen-bond donors (Lipinski definition) is 1. The van der Waals surface area contributed by atoms with E-state index in [4.69, 9.17) is 5.11 Å². The fourth-order valence-electron chi connectivity index (χ4n) is 2.69. The van der Waals surface area contributed by atoms with E-state index in [1.165, 1.54) is 17.0 Å². The molecule has 18 heavy (non-hydrogen) atoms. The first-order valence-electron chi connectivity index (χ1n) is 6.30. The van der Waals surface area contributed by atoms with Gasteiger partial charge >= 0.3 is 6.09 Å². The van der Waals surface area contributed by atoms with Gasteiger partial charge in [-0.15, -0.1) is 0 Å². The van der Waals surface area contributed by atoms with Gasteiger partial charge in [0.15, 0.2) is 0 Å². The van der Waals surface area contributed by atoms with E-state index >= 15 is 0 Å². The van der Waals surface area contributed by atoms with Crippen molar-refractivity contribution in [2.75, 3.05) is 6.54 Å². The standard InChI is InChI=1S/C14H18FNO2/c1-10-8-12(6-7-16(10)14(17)18)9-11-2-4-13(15)5-3-11/h2-5,10,12H,6-9H2,1H3,(H,17,18). The van der Waals surface area contributed by atoms with Crippen LogP contribution in [0, 0.1) is 11.7 Å². The minimum atomic E-state index is -0.831. The molecular formula is C14H18FNO2. The summed E-state index contributed by atoms with van der Waals surface area (Å²) in [5.74, 6) is 0.272. The molecule has 1 fully saturated rings. The second-order valence-corrected chi connectivity index (χ2v) is 5.05. The molecule has 0 aromatic heterocycles. The van der Waals surface area contributed by atoms with Gasteiger partial charge in [0.05, 0.1) is 0 Å². The van der Waals surface area contributed by atoms with Crippen LogP contribution >= 0.6 is 0 Å². The average Bonchev–Trinajstić information content (AvgIpc) is 2.32. The van der Waals surface area contributed by atoms with Gasteiger partial charge in [-0.05, 0) is 49.8 Å². The van der Waals surface area contributed by atoms with Gasteiger partial charge in [-0.3, -0.25) is 0 Å². The predicted molar refractivity (Wildman–Crippen MR) is 67.0 cm³/mol. The van der Waals surface area contributed by atoms with E-state index in [2.05, 4.69) is 0 Å². The smallest absolute Gasteiger partial charge is 0.407 e. The summed E-state index contributed by atoms with van der Waals surface area (Å²) < 4.78 is 12.8. The van der Waals surface area contributed by atoms with E-state index in [0.717, 1.165) is 24.8 Å². The molecule has 1 heterocycles. The number of nitrogens with zero attached hydrogens (tertiary/aromatic N) is 1. The Morgan fingerprint density at radius 2 is 2.11 bits per heavy atom. The molecule has 3 nitrogen and oxygen atoms in total. The Bertz CT molecular complexity index is 418. The summed E-state index contributed by atoms with van der Waals surface area (Å²) >= 11 is 0. The van der Waals surface area contributed by atoms with Crippen LogP contribution < -0.4 is 0 Å². The third-order valence-corrected chi connectivity index (χ3v) is 3.67. The second-order valence-electron chi connectivity index (χ2n) is 5.05. The SMILES string of the molecule is CC1CC(Cc2ccc(F)cc2)CCN1C(=O)O. The molecule has 1 amide bonds. The maximum Gasteiger partial charge on any atom is 0.407 e. The number of carbonyl (C=O) groups is 1. The summed E-state index contributed by atoms with van der Waals surface area (Å²) in [4.78, 5) is 12.5. The first-order valence-corrected chi connectivity index (χ1v) is 6.30. The molecule has 2 unspecified atom stereocenters. The van der Waals surface area contributed by atoms with Crippen LogP contribution in [-0.4, -0.2) is 28.7 Å². The number of carboxylic acid groups (broad SMARTS) is 1. The number of hydrogen-bond acceptors (Lipinski definition) is 1. The zero-order valence-corrected chi connectivity index (χ0v) is 10.5. The molecule has 1 aromatic carbocycles. The van der Waals surface area contributed by atoms with Crippen molar-refractivity contribution in [3.8, 4) is 0 Å². The Hall–Kier alpha value is -1.58. The number of rotatable bonds is 2. The maximum absolute atomic E-state index is 12.8. The molecule has 1 aliphatic rings. The van der Waals surface area contributed by atoms with Crippen LogP contribution in [0.5, 0.6) is 0 Å². The number of piperidine rings is 1. The Morgan fingerprint density at radius 1 is 1.44 bits per heavy atom. The van der Waals surface area contributed by atoms with Crippen molar-refractivity contribution in [3.05, 3.63) is 35.6 Å². The zero-order chi connectivity index (χ0) is 13.1. The van der Waals surface area contributed by atoms with Crippen molar-refractivity contribution >= 4 is 6.09 Å². The molecule has 1 aliphatic heterocycles. The Balaban J connectivity index is 1.93. The predicted octanol–water partition coefficient (Wildman–Crippen LogP) is 3.15. The zero-order valence-electron chi connectivity index (χ0n) is 10.5. The third-order valence-electron chi connectivity index (χ3n) is 3.67. The molecule has 98 valence electrons. The van der Waals surface area contributed by atoms with Crippen molar-refractivity contribution in [1.29, 1.82) is 0 Å². The first-order chi connectivity index (χ1) is 8.56. The third kappa shape index (κ3) is 3.00. The lowest BCUT2D eigenvalue weighted by Crippen LogP contribution is -2.44.